The molecule has 0 atom stereocenters. The molecule has 88 valence electrons. The molecular weight excluding hydrogens is 224 g/mol. The first-order chi connectivity index (χ1) is 7.90. The Balaban J connectivity index is 1.94. The van der Waals surface area contributed by atoms with E-state index in [0.717, 1.165) is 45.0 Å². The Morgan fingerprint density at radius 1 is 1.19 bits per heavy atom. The van der Waals surface area contributed by atoms with E-state index in [1.165, 1.54) is 0 Å². The van der Waals surface area contributed by atoms with Gasteiger partial charge in [-0.05, 0) is 13.0 Å². The average Bonchev–Trinajstić information content (AvgIpc) is 2.57. The van der Waals surface area contributed by atoms with Gasteiger partial charge in [-0.25, -0.2) is 4.98 Å². The van der Waals surface area contributed by atoms with Crippen LogP contribution in [-0.2, 0) is 0 Å². The topological polar surface area (TPSA) is 32.3 Å². The summed E-state index contributed by atoms with van der Waals surface area (Å²) in [5.41, 5.74) is 0. The van der Waals surface area contributed by atoms with Crippen LogP contribution in [0.15, 0.2) is 18.6 Å². The van der Waals surface area contributed by atoms with Gasteiger partial charge in [0.15, 0.2) is 0 Å². The van der Waals surface area contributed by atoms with E-state index in [1.807, 2.05) is 6.20 Å². The summed E-state index contributed by atoms with van der Waals surface area (Å²) < 4.78 is 0. The van der Waals surface area contributed by atoms with Crippen LogP contribution >= 0.6 is 11.6 Å². The smallest absolute Gasteiger partial charge is 0.147 e. The molecule has 0 aromatic carbocycles. The first-order valence-corrected chi connectivity index (χ1v) is 6.23. The van der Waals surface area contributed by atoms with Gasteiger partial charge in [0.05, 0.1) is 6.20 Å². The second-order valence-corrected chi connectivity index (χ2v) is 4.31. The molecule has 16 heavy (non-hydrogen) atoms. The van der Waals surface area contributed by atoms with Gasteiger partial charge >= 0.3 is 0 Å². The number of nitrogens with zero attached hydrogens (tertiary/aromatic N) is 4. The minimum atomic E-state index is 0.713. The zero-order chi connectivity index (χ0) is 11.2. The maximum absolute atomic E-state index is 5.76. The van der Waals surface area contributed by atoms with Gasteiger partial charge in [-0.15, -0.1) is 11.6 Å². The fraction of sp³-hybridized carbons (Fsp3) is 0.636. The van der Waals surface area contributed by atoms with Crippen LogP contribution in [0.4, 0.5) is 5.82 Å². The summed E-state index contributed by atoms with van der Waals surface area (Å²) in [6, 6.07) is 0. The number of halogens is 1. The molecule has 1 aromatic rings. The molecule has 2 rings (SSSR count). The molecule has 1 fully saturated rings. The van der Waals surface area contributed by atoms with E-state index >= 15 is 0 Å². The third kappa shape index (κ3) is 3.06. The molecule has 0 N–H and O–H groups in total. The second kappa shape index (κ2) is 6.01. The van der Waals surface area contributed by atoms with E-state index in [2.05, 4.69) is 19.8 Å². The van der Waals surface area contributed by atoms with Gasteiger partial charge in [-0.3, -0.25) is 4.98 Å². The van der Waals surface area contributed by atoms with E-state index in [0.29, 0.717) is 5.88 Å². The van der Waals surface area contributed by atoms with E-state index in [4.69, 9.17) is 11.6 Å². The minimum absolute atomic E-state index is 0.713. The van der Waals surface area contributed by atoms with Crippen molar-refractivity contribution in [2.24, 2.45) is 0 Å². The van der Waals surface area contributed by atoms with Crippen molar-refractivity contribution in [3.63, 3.8) is 0 Å². The van der Waals surface area contributed by atoms with Crippen LogP contribution in [-0.4, -0.2) is 53.5 Å². The first-order valence-electron chi connectivity index (χ1n) is 5.69. The summed E-state index contributed by atoms with van der Waals surface area (Å²) in [6.07, 6.45) is 6.45. The first kappa shape index (κ1) is 11.6. The van der Waals surface area contributed by atoms with Crippen molar-refractivity contribution < 1.29 is 0 Å². The summed E-state index contributed by atoms with van der Waals surface area (Å²) in [5, 5.41) is 0. The predicted molar refractivity (Wildman–Crippen MR) is 66.0 cm³/mol. The van der Waals surface area contributed by atoms with Gasteiger partial charge in [-0.2, -0.15) is 0 Å². The number of alkyl halides is 1. The Morgan fingerprint density at radius 2 is 2.12 bits per heavy atom. The van der Waals surface area contributed by atoms with Crippen molar-refractivity contribution >= 4 is 17.4 Å². The van der Waals surface area contributed by atoms with E-state index < -0.39 is 0 Å². The van der Waals surface area contributed by atoms with E-state index in [1.54, 1.807) is 12.4 Å². The maximum Gasteiger partial charge on any atom is 0.147 e. The highest BCUT2D eigenvalue weighted by molar-refractivity contribution is 6.18. The maximum atomic E-state index is 5.76. The Hall–Kier alpha value is -0.870. The molecule has 5 heteroatoms. The predicted octanol–water partition coefficient (Wildman–Crippen LogP) is 1.23. The highest BCUT2D eigenvalue weighted by atomic mass is 35.5. The minimum Gasteiger partial charge on any atom is -0.354 e. The highest BCUT2D eigenvalue weighted by Crippen LogP contribution is 2.11. The highest BCUT2D eigenvalue weighted by Gasteiger charge is 2.15. The lowest BCUT2D eigenvalue weighted by atomic mass is 10.4. The lowest BCUT2D eigenvalue weighted by Crippen LogP contribution is -2.32. The molecule has 1 saturated heterocycles. The summed E-state index contributed by atoms with van der Waals surface area (Å²) in [6.45, 7) is 5.23. The molecule has 0 aliphatic carbocycles. The van der Waals surface area contributed by atoms with Crippen LogP contribution in [0.25, 0.3) is 0 Å². The SMILES string of the molecule is ClCCN1CCCN(c2cnccn2)CC1. The molecule has 0 spiro atoms. The van der Waals surface area contributed by atoms with Crippen LogP contribution in [0.5, 0.6) is 0 Å². The van der Waals surface area contributed by atoms with Crippen molar-refractivity contribution in [3.8, 4) is 0 Å². The number of hydrogen-bond acceptors (Lipinski definition) is 4. The number of rotatable bonds is 3. The van der Waals surface area contributed by atoms with Gasteiger partial charge in [0, 0.05) is 44.5 Å². The Kier molecular flexibility index (Phi) is 4.36. The zero-order valence-electron chi connectivity index (χ0n) is 9.35. The van der Waals surface area contributed by atoms with Crippen molar-refractivity contribution in [3.05, 3.63) is 18.6 Å². The Labute approximate surface area is 101 Å². The van der Waals surface area contributed by atoms with Crippen LogP contribution in [0.2, 0.25) is 0 Å². The van der Waals surface area contributed by atoms with E-state index in [9.17, 15) is 0 Å². The summed E-state index contributed by atoms with van der Waals surface area (Å²) in [4.78, 5) is 13.1. The summed E-state index contributed by atoms with van der Waals surface area (Å²) in [7, 11) is 0. The van der Waals surface area contributed by atoms with Crippen molar-refractivity contribution in [2.75, 3.05) is 43.5 Å². The fourth-order valence-corrected chi connectivity index (χ4v) is 2.24. The molecular formula is C11H17ClN4. The number of anilines is 1. The second-order valence-electron chi connectivity index (χ2n) is 3.93. The molecule has 0 saturated carbocycles. The third-order valence-electron chi connectivity index (χ3n) is 2.86. The summed E-state index contributed by atoms with van der Waals surface area (Å²) >= 11 is 5.76. The normalized spacial score (nSPS) is 18.4. The molecule has 0 radical (unpaired) electrons. The van der Waals surface area contributed by atoms with Gasteiger partial charge < -0.3 is 9.80 Å². The van der Waals surface area contributed by atoms with Crippen molar-refractivity contribution in [1.29, 1.82) is 0 Å². The van der Waals surface area contributed by atoms with Crippen LogP contribution in [0.1, 0.15) is 6.42 Å². The number of hydrogen-bond donors (Lipinski definition) is 0. The molecule has 1 aromatic heterocycles. The standard InChI is InChI=1S/C11H17ClN4/c12-2-7-15-5-1-6-16(9-8-15)11-10-13-3-4-14-11/h3-4,10H,1-2,5-9H2. The molecule has 0 unspecified atom stereocenters. The third-order valence-corrected chi connectivity index (χ3v) is 3.03. The van der Waals surface area contributed by atoms with Crippen LogP contribution in [0.3, 0.4) is 0 Å². The zero-order valence-corrected chi connectivity index (χ0v) is 10.1. The van der Waals surface area contributed by atoms with Gasteiger partial charge in [0.25, 0.3) is 0 Å². The average molecular weight is 241 g/mol. The van der Waals surface area contributed by atoms with Crippen molar-refractivity contribution in [1.82, 2.24) is 14.9 Å². The molecule has 1 aliphatic rings. The van der Waals surface area contributed by atoms with Gasteiger partial charge in [-0.1, -0.05) is 0 Å². The lowest BCUT2D eigenvalue weighted by molar-refractivity contribution is 0.311. The van der Waals surface area contributed by atoms with Crippen molar-refractivity contribution in [2.45, 2.75) is 6.42 Å². The van der Waals surface area contributed by atoms with Crippen LogP contribution < -0.4 is 4.90 Å². The fourth-order valence-electron chi connectivity index (χ4n) is 2.00. The Bertz CT molecular complexity index is 306. The molecule has 4 nitrogen and oxygen atoms in total. The van der Waals surface area contributed by atoms with E-state index in [-0.39, 0.29) is 0 Å². The monoisotopic (exact) mass is 240 g/mol. The lowest BCUT2D eigenvalue weighted by Gasteiger charge is -2.21. The largest absolute Gasteiger partial charge is 0.354 e. The Morgan fingerprint density at radius 3 is 2.88 bits per heavy atom. The quantitative estimate of drug-likeness (QED) is 0.744. The van der Waals surface area contributed by atoms with Gasteiger partial charge in [0.1, 0.15) is 5.82 Å². The number of aromatic nitrogens is 2. The van der Waals surface area contributed by atoms with Crippen LogP contribution in [0, 0.1) is 0 Å². The molecule has 0 bridgehead atoms. The molecule has 2 heterocycles. The summed E-state index contributed by atoms with van der Waals surface area (Å²) in [5.74, 6) is 1.70. The van der Waals surface area contributed by atoms with Gasteiger partial charge in [0.2, 0.25) is 0 Å². The molecule has 1 aliphatic heterocycles. The molecule has 0 amide bonds.